The van der Waals surface area contributed by atoms with E-state index in [4.69, 9.17) is 41.1 Å². The first-order valence-electron chi connectivity index (χ1n) is 6.47. The molecule has 0 aliphatic heterocycles. The Labute approximate surface area is 214 Å². The number of hydrogen-bond acceptors (Lipinski definition) is 20. The van der Waals surface area contributed by atoms with Crippen molar-refractivity contribution in [1.82, 2.24) is 0 Å². The summed E-state index contributed by atoms with van der Waals surface area (Å²) < 4.78 is -0.0130. The molecule has 0 unspecified atom stereocenters. The van der Waals surface area contributed by atoms with Crippen molar-refractivity contribution in [1.29, 1.82) is 0 Å². The lowest BCUT2D eigenvalue weighted by molar-refractivity contribution is 2.06. The van der Waals surface area contributed by atoms with Crippen LogP contribution in [0.4, 0.5) is 0 Å². The zero-order valence-corrected chi connectivity index (χ0v) is 23.5. The monoisotopic (exact) mass is 590 g/mol. The minimum atomic E-state index is -0.00326. The lowest BCUT2D eigenvalue weighted by Crippen LogP contribution is -2.35. The Kier molecular flexibility index (Phi) is 24.3. The standard InChI is InChI=1S/B7H17N8S12/c8-20-4(21-9)16-2(17-5(22-10)23-11)1-3(18-6(24-12)25-13)19-7(26-14)27-15/h1H,8-15H2. The molecule has 0 radical (unpaired) electrons. The quantitative estimate of drug-likeness (QED) is 0.0788. The normalized spacial score (nSPS) is 10.5. The van der Waals surface area contributed by atoms with Crippen LogP contribution in [0, 0.1) is 0 Å². The van der Waals surface area contributed by atoms with Crippen LogP contribution >= 0.6 is 140 Å². The molecule has 16 N–H and O–H groups in total. The molecule has 0 aliphatic carbocycles. The predicted molar refractivity (Wildman–Crippen MR) is 166 cm³/mol. The van der Waals surface area contributed by atoms with E-state index in [1.807, 2.05) is 0 Å². The van der Waals surface area contributed by atoms with Gasteiger partial charge in [-0.05, 0) is 0 Å². The summed E-state index contributed by atoms with van der Waals surface area (Å²) in [6.45, 7) is 0. The highest BCUT2D eigenvalue weighted by Gasteiger charge is 2.37. The van der Waals surface area contributed by atoms with Crippen LogP contribution in [-0.4, -0.2) is 35.6 Å². The van der Waals surface area contributed by atoms with Gasteiger partial charge in [0.15, 0.2) is 0 Å². The van der Waals surface area contributed by atoms with Gasteiger partial charge in [0, 0.05) is 0 Å². The minimum Gasteiger partial charge on any atom is -0.285 e. The van der Waals surface area contributed by atoms with Crippen LogP contribution in [0.25, 0.3) is 0 Å². The van der Waals surface area contributed by atoms with Crippen LogP contribution in [0.1, 0.15) is 0 Å². The molecule has 0 amide bonds. The summed E-state index contributed by atoms with van der Waals surface area (Å²) in [6, 6.07) is 0. The summed E-state index contributed by atoms with van der Waals surface area (Å²) in [7, 11) is 0.815. The SMILES string of the molecule is NSB(SN)SB(BB(SB(SN)SN)SB(SN)SN)SB(SN)SN. The van der Waals surface area contributed by atoms with Crippen LogP contribution in [0.3, 0.4) is 0 Å². The second kappa shape index (κ2) is 20.9. The van der Waals surface area contributed by atoms with Gasteiger partial charge in [-0.25, -0.2) is 45.9 Å². The molecule has 0 aromatic heterocycles. The van der Waals surface area contributed by atoms with E-state index < -0.39 is 0 Å². The van der Waals surface area contributed by atoms with Gasteiger partial charge in [0.25, 0.3) is 0 Å². The zero-order chi connectivity index (χ0) is 20.7. The van der Waals surface area contributed by atoms with Crippen molar-refractivity contribution in [2.75, 3.05) is 0 Å². The Morgan fingerprint density at radius 3 is 0.704 bits per heavy atom. The molecule has 0 spiro atoms. The predicted octanol–water partition coefficient (Wildman–Crippen LogP) is 0.120. The highest BCUT2D eigenvalue weighted by molar-refractivity contribution is 9.00. The van der Waals surface area contributed by atoms with Gasteiger partial charge in [-0.1, -0.05) is 0 Å². The Balaban J connectivity index is 5.24. The minimum absolute atomic E-state index is 0.00326. The maximum Gasteiger partial charge on any atom is 0.362 e. The topological polar surface area (TPSA) is 208 Å². The molecule has 27 heteroatoms. The van der Waals surface area contributed by atoms with E-state index >= 15 is 0 Å². The third kappa shape index (κ3) is 15.0. The van der Waals surface area contributed by atoms with Crippen molar-refractivity contribution in [3.8, 4) is 0 Å². The van der Waals surface area contributed by atoms with Gasteiger partial charge in [-0.3, -0.25) is 41.1 Å². The summed E-state index contributed by atoms with van der Waals surface area (Å²) in [6.07, 6.45) is 0. The lowest BCUT2D eigenvalue weighted by Gasteiger charge is -2.23. The molecule has 0 aromatic rings. The van der Waals surface area contributed by atoms with E-state index in [1.54, 1.807) is 45.9 Å². The lowest BCUT2D eigenvalue weighted by atomic mass is 9.35. The van der Waals surface area contributed by atoms with Crippen molar-refractivity contribution in [2.24, 2.45) is 41.1 Å². The van der Waals surface area contributed by atoms with Crippen molar-refractivity contribution < 1.29 is 0 Å². The van der Waals surface area contributed by atoms with Gasteiger partial charge in [-0.2, -0.15) is 0 Å². The molecule has 0 aliphatic rings. The van der Waals surface area contributed by atoms with Crippen molar-refractivity contribution in [2.45, 2.75) is 0 Å². The fourth-order valence-electron chi connectivity index (χ4n) is 1.32. The van der Waals surface area contributed by atoms with Gasteiger partial charge < -0.3 is 0 Å². The molecular weight excluding hydrogens is 573 g/mol. The van der Waals surface area contributed by atoms with Crippen LogP contribution in [-0.2, 0) is 0 Å². The van der Waals surface area contributed by atoms with Gasteiger partial charge >= 0.3 is 18.2 Å². The second-order valence-electron chi connectivity index (χ2n) is 3.88. The van der Waals surface area contributed by atoms with Crippen LogP contribution in [0.15, 0.2) is 0 Å². The first-order valence-corrected chi connectivity index (χ1v) is 17.8. The van der Waals surface area contributed by atoms with E-state index in [9.17, 15) is 0 Å². The molecule has 0 saturated heterocycles. The molecule has 0 fully saturated rings. The number of nitrogens with two attached hydrogens (primary N) is 8. The largest absolute Gasteiger partial charge is 0.362 e. The second-order valence-corrected chi connectivity index (χ2v) is 19.3. The Morgan fingerprint density at radius 2 is 0.556 bits per heavy atom. The summed E-state index contributed by atoms with van der Waals surface area (Å²) >= 11 is 16.5. The zero-order valence-electron chi connectivity index (χ0n) is 13.7. The van der Waals surface area contributed by atoms with E-state index in [0.29, 0.717) is 0 Å². The van der Waals surface area contributed by atoms with Crippen LogP contribution in [0.5, 0.6) is 0 Å². The molecule has 0 bridgehead atoms. The van der Waals surface area contributed by atoms with Crippen molar-refractivity contribution in [3.05, 3.63) is 0 Å². The average molecular weight is 590 g/mol. The molecule has 8 nitrogen and oxygen atoms in total. The van der Waals surface area contributed by atoms with E-state index in [1.165, 1.54) is 94.4 Å². The maximum atomic E-state index is 5.74. The Hall–Kier alpha value is 4.33. The fourth-order valence-corrected chi connectivity index (χ4v) is 13.8. The van der Waals surface area contributed by atoms with Crippen molar-refractivity contribution in [3.63, 3.8) is 0 Å². The molecule has 0 rings (SSSR count). The fraction of sp³-hybridized carbons (Fsp3) is 0. The molecule has 150 valence electrons. The van der Waals surface area contributed by atoms with E-state index in [-0.39, 0.29) is 28.5 Å². The summed E-state index contributed by atoms with van der Waals surface area (Å²) in [5, 5.41) is 46.2. The first-order chi connectivity index (χ1) is 13.0. The van der Waals surface area contributed by atoms with E-state index in [2.05, 4.69) is 0 Å². The average Bonchev–Trinajstić information content (AvgIpc) is 2.71. The maximum absolute atomic E-state index is 5.74. The van der Waals surface area contributed by atoms with E-state index in [0.717, 1.165) is 7.06 Å². The third-order valence-corrected chi connectivity index (χ3v) is 16.3. The first kappa shape index (κ1) is 31.3. The molecule has 0 heterocycles. The Morgan fingerprint density at radius 1 is 0.370 bits per heavy atom. The smallest absolute Gasteiger partial charge is 0.285 e. The summed E-state index contributed by atoms with van der Waals surface area (Å²) in [5.41, 5.74) is 0. The number of rotatable bonds is 18. The van der Waals surface area contributed by atoms with Gasteiger partial charge in [-0.15, -0.1) is 94.4 Å². The molecule has 0 aromatic carbocycles. The molecule has 27 heavy (non-hydrogen) atoms. The number of hydrogen-bond donors (Lipinski definition) is 8. The molecule has 0 atom stereocenters. The van der Waals surface area contributed by atoms with Gasteiger partial charge in [0.1, 0.15) is 7.06 Å². The van der Waals surface area contributed by atoms with Gasteiger partial charge in [0.05, 0.1) is 0 Å². The highest BCUT2D eigenvalue weighted by Crippen LogP contribution is 2.39. The summed E-state index contributed by atoms with van der Waals surface area (Å²) in [5.74, 6) is 0. The third-order valence-electron chi connectivity index (χ3n) is 2.33. The van der Waals surface area contributed by atoms with Crippen LogP contribution < -0.4 is 41.1 Å². The molecular formula is H17B7N8S12. The molecule has 0 saturated carbocycles. The van der Waals surface area contributed by atoms with Crippen molar-refractivity contribution >= 4 is 176 Å². The summed E-state index contributed by atoms with van der Waals surface area (Å²) in [4.78, 5) is 0. The highest BCUT2D eigenvalue weighted by atomic mass is 32.3. The van der Waals surface area contributed by atoms with Gasteiger partial charge in [0.2, 0.25) is 10.3 Å². The van der Waals surface area contributed by atoms with Crippen LogP contribution in [0.2, 0.25) is 0 Å². The Bertz CT molecular complexity index is 275.